The normalized spacial score (nSPS) is 47.6. The molecule has 3 heteroatoms. The Morgan fingerprint density at radius 1 is 1.12 bits per heavy atom. The molecular formula is C5H8Br2O. The predicted molar refractivity (Wildman–Crippen MR) is 40.7 cm³/mol. The van der Waals surface area contributed by atoms with Gasteiger partial charge in [-0.15, -0.1) is 0 Å². The zero-order valence-electron chi connectivity index (χ0n) is 4.35. The highest BCUT2D eigenvalue weighted by Crippen LogP contribution is 2.30. The fraction of sp³-hybridized carbons (Fsp3) is 1.00. The van der Waals surface area contributed by atoms with Gasteiger partial charge in [-0.2, -0.15) is 0 Å². The van der Waals surface area contributed by atoms with E-state index >= 15 is 0 Å². The van der Waals surface area contributed by atoms with Gasteiger partial charge in [0.15, 0.2) is 0 Å². The van der Waals surface area contributed by atoms with E-state index in [9.17, 15) is 5.11 Å². The molecule has 8 heavy (non-hydrogen) atoms. The molecule has 0 radical (unpaired) electrons. The molecule has 0 aliphatic heterocycles. The Bertz CT molecular complexity index is 76.5. The van der Waals surface area contributed by atoms with Crippen molar-refractivity contribution < 1.29 is 5.11 Å². The number of aliphatic hydroxyl groups is 1. The van der Waals surface area contributed by atoms with Crippen LogP contribution in [0.15, 0.2) is 0 Å². The summed E-state index contributed by atoms with van der Waals surface area (Å²) in [6.07, 6.45) is 1.98. The van der Waals surface area contributed by atoms with Gasteiger partial charge in [0.1, 0.15) is 0 Å². The topological polar surface area (TPSA) is 20.2 Å². The number of aliphatic hydroxyl groups excluding tert-OH is 1. The quantitative estimate of drug-likeness (QED) is 0.642. The Kier molecular flexibility index (Phi) is 2.35. The first-order valence-electron chi connectivity index (χ1n) is 2.68. The van der Waals surface area contributed by atoms with Crippen LogP contribution in [0.5, 0.6) is 0 Å². The molecule has 3 atom stereocenters. The van der Waals surface area contributed by atoms with Crippen LogP contribution in [0.4, 0.5) is 0 Å². The van der Waals surface area contributed by atoms with Crippen molar-refractivity contribution in [3.05, 3.63) is 0 Å². The first-order valence-corrected chi connectivity index (χ1v) is 4.51. The van der Waals surface area contributed by atoms with E-state index in [0.29, 0.717) is 9.65 Å². The van der Waals surface area contributed by atoms with Crippen LogP contribution in [0, 0.1) is 0 Å². The molecule has 0 spiro atoms. The van der Waals surface area contributed by atoms with Crippen LogP contribution in [-0.4, -0.2) is 20.9 Å². The minimum absolute atomic E-state index is 0.185. The highest BCUT2D eigenvalue weighted by molar-refractivity contribution is 9.10. The molecule has 1 aliphatic rings. The van der Waals surface area contributed by atoms with Crippen LogP contribution in [0.3, 0.4) is 0 Å². The molecule has 0 aromatic heterocycles. The van der Waals surface area contributed by atoms with E-state index in [1.54, 1.807) is 0 Å². The fourth-order valence-corrected chi connectivity index (χ4v) is 2.56. The first-order chi connectivity index (χ1) is 3.72. The molecule has 0 bridgehead atoms. The molecule has 1 fully saturated rings. The zero-order valence-corrected chi connectivity index (χ0v) is 7.52. The lowest BCUT2D eigenvalue weighted by Crippen LogP contribution is -2.20. The van der Waals surface area contributed by atoms with Crippen LogP contribution in [-0.2, 0) is 0 Å². The Hall–Kier alpha value is 0.920. The highest BCUT2D eigenvalue weighted by atomic mass is 79.9. The number of hydrogen-bond acceptors (Lipinski definition) is 1. The Morgan fingerprint density at radius 3 is 1.62 bits per heavy atom. The maximum absolute atomic E-state index is 9.17. The standard InChI is InChI=1S/C5H8Br2O/c6-3-1-2-4(7)5(3)8/h3-5,8H,1-2H2/t3-,4+,5?. The molecule has 0 aromatic rings. The lowest BCUT2D eigenvalue weighted by atomic mass is 10.3. The minimum atomic E-state index is -0.185. The van der Waals surface area contributed by atoms with Crippen molar-refractivity contribution >= 4 is 31.9 Å². The molecule has 0 heterocycles. The van der Waals surface area contributed by atoms with Gasteiger partial charge in [0.05, 0.1) is 6.10 Å². The Balaban J connectivity index is 2.44. The largest absolute Gasteiger partial charge is 0.391 e. The second kappa shape index (κ2) is 2.67. The van der Waals surface area contributed by atoms with E-state index in [1.807, 2.05) is 0 Å². The summed E-state index contributed by atoms with van der Waals surface area (Å²) in [4.78, 5) is 0.624. The van der Waals surface area contributed by atoms with Crippen molar-refractivity contribution in [2.24, 2.45) is 0 Å². The second-order valence-electron chi connectivity index (χ2n) is 2.10. The lowest BCUT2D eigenvalue weighted by Gasteiger charge is -2.07. The third-order valence-electron chi connectivity index (χ3n) is 1.46. The third kappa shape index (κ3) is 1.25. The number of hydrogen-bond donors (Lipinski definition) is 1. The first kappa shape index (κ1) is 7.03. The lowest BCUT2D eigenvalue weighted by molar-refractivity contribution is 0.196. The smallest absolute Gasteiger partial charge is 0.0789 e. The van der Waals surface area contributed by atoms with Crippen LogP contribution >= 0.6 is 31.9 Å². The van der Waals surface area contributed by atoms with Gasteiger partial charge in [-0.05, 0) is 12.8 Å². The number of alkyl halides is 2. The molecule has 0 saturated heterocycles. The fourth-order valence-electron chi connectivity index (χ4n) is 0.887. The van der Waals surface area contributed by atoms with E-state index in [0.717, 1.165) is 12.8 Å². The molecule has 0 amide bonds. The average molecular weight is 244 g/mol. The molecule has 0 aromatic carbocycles. The summed E-state index contributed by atoms with van der Waals surface area (Å²) >= 11 is 6.73. The number of rotatable bonds is 0. The summed E-state index contributed by atoms with van der Waals surface area (Å²) in [5, 5.41) is 9.17. The van der Waals surface area contributed by atoms with E-state index in [4.69, 9.17) is 0 Å². The third-order valence-corrected chi connectivity index (χ3v) is 3.46. The van der Waals surface area contributed by atoms with Gasteiger partial charge >= 0.3 is 0 Å². The highest BCUT2D eigenvalue weighted by Gasteiger charge is 2.30. The summed E-state index contributed by atoms with van der Waals surface area (Å²) in [7, 11) is 0. The summed E-state index contributed by atoms with van der Waals surface area (Å²) in [6, 6.07) is 0. The van der Waals surface area contributed by atoms with Crippen LogP contribution in [0.25, 0.3) is 0 Å². The Morgan fingerprint density at radius 2 is 1.50 bits per heavy atom. The van der Waals surface area contributed by atoms with Gasteiger partial charge in [-0.25, -0.2) is 0 Å². The molecule has 48 valence electrons. The molecule has 1 saturated carbocycles. The minimum Gasteiger partial charge on any atom is -0.391 e. The van der Waals surface area contributed by atoms with Gasteiger partial charge in [0.2, 0.25) is 0 Å². The average Bonchev–Trinajstić information content (AvgIpc) is 1.98. The summed E-state index contributed by atoms with van der Waals surface area (Å²) < 4.78 is 0. The van der Waals surface area contributed by atoms with E-state index in [-0.39, 0.29) is 6.10 Å². The van der Waals surface area contributed by atoms with Gasteiger partial charge in [-0.1, -0.05) is 31.9 Å². The molecule has 1 rings (SSSR count). The van der Waals surface area contributed by atoms with Crippen LogP contribution < -0.4 is 0 Å². The van der Waals surface area contributed by atoms with Gasteiger partial charge in [0, 0.05) is 9.65 Å². The maximum Gasteiger partial charge on any atom is 0.0789 e. The summed E-state index contributed by atoms with van der Waals surface area (Å²) in [5.41, 5.74) is 0. The maximum atomic E-state index is 9.17. The van der Waals surface area contributed by atoms with Crippen molar-refractivity contribution in [3.8, 4) is 0 Å². The number of halogens is 2. The SMILES string of the molecule is OC1[C@H](Br)CC[C@@H]1Br. The van der Waals surface area contributed by atoms with Crippen molar-refractivity contribution in [2.45, 2.75) is 28.6 Å². The molecular weight excluding hydrogens is 236 g/mol. The van der Waals surface area contributed by atoms with Crippen molar-refractivity contribution in [2.75, 3.05) is 0 Å². The van der Waals surface area contributed by atoms with E-state index < -0.39 is 0 Å². The van der Waals surface area contributed by atoms with Crippen LogP contribution in [0.1, 0.15) is 12.8 Å². The zero-order chi connectivity index (χ0) is 6.15. The van der Waals surface area contributed by atoms with Crippen molar-refractivity contribution in [1.29, 1.82) is 0 Å². The Labute approximate surface area is 65.7 Å². The van der Waals surface area contributed by atoms with Crippen LogP contribution in [0.2, 0.25) is 0 Å². The van der Waals surface area contributed by atoms with Crippen molar-refractivity contribution in [3.63, 3.8) is 0 Å². The van der Waals surface area contributed by atoms with Gasteiger partial charge < -0.3 is 5.11 Å². The summed E-state index contributed by atoms with van der Waals surface area (Å²) in [5.74, 6) is 0. The van der Waals surface area contributed by atoms with Crippen molar-refractivity contribution in [1.82, 2.24) is 0 Å². The van der Waals surface area contributed by atoms with Gasteiger partial charge in [-0.3, -0.25) is 0 Å². The molecule has 1 nitrogen and oxygen atoms in total. The molecule has 1 aliphatic carbocycles. The predicted octanol–water partition coefficient (Wildman–Crippen LogP) is 1.67. The second-order valence-corrected chi connectivity index (χ2v) is 4.45. The monoisotopic (exact) mass is 242 g/mol. The van der Waals surface area contributed by atoms with E-state index in [1.165, 1.54) is 0 Å². The molecule has 1 N–H and O–H groups in total. The van der Waals surface area contributed by atoms with E-state index in [2.05, 4.69) is 31.9 Å². The summed E-state index contributed by atoms with van der Waals surface area (Å²) in [6.45, 7) is 0. The van der Waals surface area contributed by atoms with Gasteiger partial charge in [0.25, 0.3) is 0 Å². The molecule has 1 unspecified atom stereocenters.